The molecule has 0 fully saturated rings. The molecule has 0 saturated heterocycles. The van der Waals surface area contributed by atoms with E-state index >= 15 is 0 Å². The van der Waals surface area contributed by atoms with Crippen LogP contribution in [-0.2, 0) is 37.0 Å². The molecule has 0 unspecified atom stereocenters. The highest BCUT2D eigenvalue weighted by Gasteiger charge is 2.12. The Bertz CT molecular complexity index is 2140. The molecule has 0 amide bonds. The van der Waals surface area contributed by atoms with Crippen molar-refractivity contribution in [3.63, 3.8) is 0 Å². The second kappa shape index (κ2) is 19.9. The van der Waals surface area contributed by atoms with Crippen molar-refractivity contribution >= 4 is 66.6 Å². The van der Waals surface area contributed by atoms with E-state index in [9.17, 15) is 19.2 Å². The van der Waals surface area contributed by atoms with Crippen LogP contribution in [0.2, 0.25) is 10.0 Å². The minimum atomic E-state index is -0.415. The number of nitrogens with zero attached hydrogens (tertiary/aromatic N) is 6. The number of benzene rings is 2. The summed E-state index contributed by atoms with van der Waals surface area (Å²) >= 11 is 18.3. The van der Waals surface area contributed by atoms with Gasteiger partial charge in [-0.2, -0.15) is 10.2 Å². The normalized spacial score (nSPS) is 10.6. The van der Waals surface area contributed by atoms with Gasteiger partial charge in [-0.25, -0.2) is 9.36 Å². The van der Waals surface area contributed by atoms with Gasteiger partial charge in [-0.15, -0.1) is 0 Å². The van der Waals surface area contributed by atoms with Crippen molar-refractivity contribution in [1.29, 1.82) is 0 Å². The molecule has 2 aromatic carbocycles. The number of hydrogen-bond donors (Lipinski definition) is 0. The molecule has 0 N–H and O–H groups in total. The van der Waals surface area contributed by atoms with Gasteiger partial charge in [-0.3, -0.25) is 29.1 Å². The summed E-state index contributed by atoms with van der Waals surface area (Å²) in [4.78, 5) is 57.3. The molecule has 6 aromatic rings. The fourth-order valence-corrected chi connectivity index (χ4v) is 5.51. The van der Waals surface area contributed by atoms with Crippen LogP contribution in [0.15, 0.2) is 119 Å². The highest BCUT2D eigenvalue weighted by atomic mass is 79.9. The van der Waals surface area contributed by atoms with Gasteiger partial charge in [0.2, 0.25) is 0 Å². The third-order valence-corrected chi connectivity index (χ3v) is 9.23. The topological polar surface area (TPSA) is 148 Å². The van der Waals surface area contributed by atoms with Crippen LogP contribution in [-0.4, -0.2) is 41.1 Å². The summed E-state index contributed by atoms with van der Waals surface area (Å²) in [5, 5.41) is 10.5. The number of pyridine rings is 2. The maximum absolute atomic E-state index is 12.3. The first-order valence-corrected chi connectivity index (χ1v) is 19.1. The minimum absolute atomic E-state index is 0.133. The van der Waals surface area contributed by atoms with Crippen molar-refractivity contribution in [2.75, 3.05) is 0 Å². The number of aromatic nitrogens is 6. The molecule has 276 valence electrons. The summed E-state index contributed by atoms with van der Waals surface area (Å²) in [6.45, 7) is 0.0966. The minimum Gasteiger partial charge on any atom is -0.485 e. The number of Topliss-reactive ketones (excluding diaryl/α,β-unsaturated/α-hetero) is 2. The maximum atomic E-state index is 12.3. The van der Waals surface area contributed by atoms with E-state index in [0.29, 0.717) is 44.1 Å². The summed E-state index contributed by atoms with van der Waals surface area (Å²) in [6, 6.07) is 23.9. The summed E-state index contributed by atoms with van der Waals surface area (Å²) in [6.07, 6.45) is 5.84. The van der Waals surface area contributed by atoms with Gasteiger partial charge >= 0.3 is 0 Å². The van der Waals surface area contributed by atoms with Crippen LogP contribution < -0.4 is 20.6 Å². The van der Waals surface area contributed by atoms with Crippen molar-refractivity contribution in [2.45, 2.75) is 37.0 Å². The van der Waals surface area contributed by atoms with Crippen LogP contribution in [0.25, 0.3) is 0 Å². The molecule has 0 atom stereocenters. The Labute approximate surface area is 336 Å². The molecule has 4 heterocycles. The molecule has 12 nitrogen and oxygen atoms in total. The van der Waals surface area contributed by atoms with Gasteiger partial charge in [0.1, 0.15) is 37.8 Å². The van der Waals surface area contributed by atoms with Crippen LogP contribution in [0.4, 0.5) is 0 Å². The van der Waals surface area contributed by atoms with E-state index < -0.39 is 11.1 Å². The first kappa shape index (κ1) is 40.2. The van der Waals surface area contributed by atoms with Gasteiger partial charge in [0.25, 0.3) is 11.1 Å². The molecule has 4 aromatic heterocycles. The molecule has 6 rings (SSSR count). The molecular weight excluding hydrogens is 867 g/mol. The molecule has 0 bridgehead atoms. The van der Waals surface area contributed by atoms with Crippen molar-refractivity contribution in [3.05, 3.63) is 174 Å². The van der Waals surface area contributed by atoms with E-state index in [2.05, 4.69) is 52.0 Å². The van der Waals surface area contributed by atoms with Crippen LogP contribution in [0.3, 0.4) is 0 Å². The van der Waals surface area contributed by atoms with Crippen molar-refractivity contribution in [3.8, 4) is 11.5 Å². The molecule has 54 heavy (non-hydrogen) atoms. The second-order valence-electron chi connectivity index (χ2n) is 11.4. The number of halogens is 4. The van der Waals surface area contributed by atoms with Gasteiger partial charge in [-0.05, 0) is 35.4 Å². The molecule has 16 heteroatoms. The first-order valence-electron chi connectivity index (χ1n) is 16.1. The summed E-state index contributed by atoms with van der Waals surface area (Å²) in [7, 11) is 0. The van der Waals surface area contributed by atoms with Gasteiger partial charge in [0, 0.05) is 46.3 Å². The van der Waals surface area contributed by atoms with Crippen molar-refractivity contribution < 1.29 is 19.1 Å². The van der Waals surface area contributed by atoms with Crippen LogP contribution >= 0.6 is 55.1 Å². The first-order chi connectivity index (χ1) is 26.1. The standard InChI is InChI=1S/2C19H15BrClN3O3/c2*20-8-13-1-3-14(4-2-13)18(25)11-24-19(26)7-17(10-23-24)27-12-16-6-5-15(21)9-22-16/h2*1-7,9-10H,8,11-12H2. The quantitative estimate of drug-likeness (QED) is 0.0806. The lowest BCUT2D eigenvalue weighted by Gasteiger charge is -2.08. The summed E-state index contributed by atoms with van der Waals surface area (Å²) in [5.41, 5.74) is 3.71. The third kappa shape index (κ3) is 12.0. The fourth-order valence-electron chi connectivity index (χ4n) is 4.54. The molecular formula is C38H30Br2Cl2N6O6. The Morgan fingerprint density at radius 2 is 0.963 bits per heavy atom. The SMILES string of the molecule is O=C(Cn1ncc(OCc2ccc(Cl)cn2)cc1=O)c1ccc(CBr)cc1.O=C(Cn1ncc(OCc2ccc(Cl)cn2)cc1=O)c1ccc(CBr)cc1. The van der Waals surface area contributed by atoms with E-state index in [1.165, 1.54) is 36.9 Å². The average Bonchev–Trinajstić information content (AvgIpc) is 3.19. The number of alkyl halides is 2. The zero-order valence-electron chi connectivity index (χ0n) is 28.3. The van der Waals surface area contributed by atoms with E-state index in [0.717, 1.165) is 31.2 Å². The van der Waals surface area contributed by atoms with Gasteiger partial charge in [-0.1, -0.05) is 104 Å². The van der Waals surface area contributed by atoms with E-state index in [1.54, 1.807) is 48.5 Å². The number of rotatable bonds is 14. The Hall–Kier alpha value is -5.02. The molecule has 0 aliphatic heterocycles. The van der Waals surface area contributed by atoms with Gasteiger partial charge < -0.3 is 9.47 Å². The fraction of sp³-hybridized carbons (Fsp3) is 0.158. The molecule has 0 saturated carbocycles. The highest BCUT2D eigenvalue weighted by molar-refractivity contribution is 9.08. The molecule has 0 spiro atoms. The van der Waals surface area contributed by atoms with E-state index in [4.69, 9.17) is 32.7 Å². The van der Waals surface area contributed by atoms with Gasteiger partial charge in [0.05, 0.1) is 33.8 Å². The number of ketones is 2. The third-order valence-electron chi connectivity index (χ3n) is 7.49. The lowest BCUT2D eigenvalue weighted by molar-refractivity contribution is 0.0957. The zero-order valence-corrected chi connectivity index (χ0v) is 33.0. The van der Waals surface area contributed by atoms with Gasteiger partial charge in [0.15, 0.2) is 11.6 Å². The number of carbonyl (C=O) groups is 2. The largest absolute Gasteiger partial charge is 0.485 e. The molecule has 0 aliphatic rings. The number of ether oxygens (including phenoxy) is 2. The number of carbonyl (C=O) groups excluding carboxylic acids is 2. The highest BCUT2D eigenvalue weighted by Crippen LogP contribution is 2.14. The Balaban J connectivity index is 0.000000208. The number of hydrogen-bond acceptors (Lipinski definition) is 10. The monoisotopic (exact) mass is 894 g/mol. The summed E-state index contributed by atoms with van der Waals surface area (Å²) < 4.78 is 13.2. The lowest BCUT2D eigenvalue weighted by Crippen LogP contribution is -2.26. The second-order valence-corrected chi connectivity index (χ2v) is 13.4. The van der Waals surface area contributed by atoms with Crippen LogP contribution in [0.5, 0.6) is 11.5 Å². The predicted octanol–water partition coefficient (Wildman–Crippen LogP) is 7.30. The molecule has 0 radical (unpaired) electrons. The molecule has 0 aliphatic carbocycles. The lowest BCUT2D eigenvalue weighted by atomic mass is 10.1. The Kier molecular flexibility index (Phi) is 14.8. The Morgan fingerprint density at radius 1 is 0.574 bits per heavy atom. The smallest absolute Gasteiger partial charge is 0.270 e. The summed E-state index contributed by atoms with van der Waals surface area (Å²) in [5.74, 6) is 0.235. The zero-order chi connectivity index (χ0) is 38.5. The van der Waals surface area contributed by atoms with Crippen molar-refractivity contribution in [2.24, 2.45) is 0 Å². The maximum Gasteiger partial charge on any atom is 0.270 e. The van der Waals surface area contributed by atoms with E-state index in [-0.39, 0.29) is 37.9 Å². The van der Waals surface area contributed by atoms with Crippen LogP contribution in [0.1, 0.15) is 43.2 Å². The van der Waals surface area contributed by atoms with Crippen molar-refractivity contribution in [1.82, 2.24) is 29.5 Å². The predicted molar refractivity (Wildman–Crippen MR) is 211 cm³/mol. The van der Waals surface area contributed by atoms with E-state index in [1.807, 2.05) is 24.3 Å². The average molecular weight is 897 g/mol. The van der Waals surface area contributed by atoms with Crippen LogP contribution in [0, 0.1) is 0 Å². The Morgan fingerprint density at radius 3 is 1.28 bits per heavy atom.